The fourth-order valence-electron chi connectivity index (χ4n) is 8.93. The second-order valence-electron chi connectivity index (χ2n) is 12.8. The lowest BCUT2D eigenvalue weighted by atomic mass is 9.45. The van der Waals surface area contributed by atoms with E-state index in [1.54, 1.807) is 0 Å². The molecule has 3 aromatic heterocycles. The molecule has 12 rings (SSSR count). The van der Waals surface area contributed by atoms with Crippen LogP contribution in [0.5, 0.6) is 0 Å². The summed E-state index contributed by atoms with van der Waals surface area (Å²) in [4.78, 5) is 0. The number of aromatic nitrogens is 2. The van der Waals surface area contributed by atoms with Gasteiger partial charge in [-0.15, -0.1) is 0 Å². The van der Waals surface area contributed by atoms with Crippen LogP contribution < -0.4 is 10.9 Å². The minimum Gasteiger partial charge on any atom is -0.456 e. The molecule has 5 heterocycles. The summed E-state index contributed by atoms with van der Waals surface area (Å²) < 4.78 is 11.9. The van der Waals surface area contributed by atoms with Gasteiger partial charge in [0.1, 0.15) is 11.2 Å². The molecule has 7 aromatic carbocycles. The highest BCUT2D eigenvalue weighted by molar-refractivity contribution is 6.90. The zero-order chi connectivity index (χ0) is 29.7. The summed E-state index contributed by atoms with van der Waals surface area (Å²) >= 11 is 0. The molecule has 0 saturated heterocycles. The molecule has 10 aromatic rings. The Morgan fingerprint density at radius 1 is 0.478 bits per heavy atom. The molecule has 0 amide bonds. The molecule has 0 atom stereocenters. The molecule has 0 spiro atoms. The van der Waals surface area contributed by atoms with Crippen LogP contribution in [0.2, 0.25) is 0 Å². The van der Waals surface area contributed by atoms with E-state index in [4.69, 9.17) is 4.42 Å². The smallest absolute Gasteiger partial charge is 0.333 e. The van der Waals surface area contributed by atoms with Crippen LogP contribution in [-0.4, -0.2) is 15.9 Å². The predicted molar refractivity (Wildman–Crippen MR) is 192 cm³/mol. The number of fused-ring (bicyclic) bond motifs is 14. The van der Waals surface area contributed by atoms with Crippen LogP contribution in [0.1, 0.15) is 0 Å². The van der Waals surface area contributed by atoms with Crippen molar-refractivity contribution >= 4 is 83.3 Å². The molecule has 2 aliphatic rings. The van der Waals surface area contributed by atoms with Crippen molar-refractivity contribution in [3.05, 3.63) is 140 Å². The standard InChI is InChI=1S/C42H23BN2O/c1-2-10-24(11-3-1)25-20-21-34-31(22-25)28-16-9-17-33-41(28)44(34)42-38-30-13-5-7-19-36(30)46-37(38)23-32-29-15-8-14-27-26-12-4-6-18-35(26)45(40(27)29)43(33)39(32)42/h1-23H. The van der Waals surface area contributed by atoms with E-state index in [0.29, 0.717) is 0 Å². The minimum atomic E-state index is 0.0227. The number of benzene rings is 7. The topological polar surface area (TPSA) is 23.0 Å². The highest BCUT2D eigenvalue weighted by Crippen LogP contribution is 2.46. The first-order valence-corrected chi connectivity index (χ1v) is 16.0. The average molecular weight is 582 g/mol. The van der Waals surface area contributed by atoms with Crippen molar-refractivity contribution in [2.75, 3.05) is 0 Å². The average Bonchev–Trinajstić information content (AvgIpc) is 3.77. The molecular weight excluding hydrogens is 559 g/mol. The lowest BCUT2D eigenvalue weighted by Gasteiger charge is -2.34. The van der Waals surface area contributed by atoms with Gasteiger partial charge in [0.15, 0.2) is 0 Å². The van der Waals surface area contributed by atoms with Crippen molar-refractivity contribution < 1.29 is 4.42 Å². The largest absolute Gasteiger partial charge is 0.456 e. The highest BCUT2D eigenvalue weighted by Gasteiger charge is 2.42. The summed E-state index contributed by atoms with van der Waals surface area (Å²) in [7, 11) is 0. The second-order valence-corrected chi connectivity index (χ2v) is 12.8. The molecule has 0 aliphatic carbocycles. The minimum absolute atomic E-state index is 0.0227. The number of hydrogen-bond donors (Lipinski definition) is 0. The molecule has 0 radical (unpaired) electrons. The fourth-order valence-corrected chi connectivity index (χ4v) is 8.93. The third-order valence-electron chi connectivity index (χ3n) is 10.7. The monoisotopic (exact) mass is 582 g/mol. The molecule has 3 nitrogen and oxygen atoms in total. The van der Waals surface area contributed by atoms with Gasteiger partial charge in [-0.2, -0.15) is 0 Å². The third kappa shape index (κ3) is 2.62. The maximum Gasteiger partial charge on any atom is 0.333 e. The maximum absolute atomic E-state index is 6.69. The van der Waals surface area contributed by atoms with E-state index < -0.39 is 0 Å². The van der Waals surface area contributed by atoms with Crippen molar-refractivity contribution in [1.29, 1.82) is 0 Å². The van der Waals surface area contributed by atoms with Gasteiger partial charge in [0.25, 0.3) is 0 Å². The first kappa shape index (κ1) is 23.4. The molecule has 2 aliphatic heterocycles. The van der Waals surface area contributed by atoms with Crippen LogP contribution in [-0.2, 0) is 0 Å². The zero-order valence-electron chi connectivity index (χ0n) is 24.7. The molecule has 0 bridgehead atoms. The van der Waals surface area contributed by atoms with Gasteiger partial charge < -0.3 is 13.5 Å². The van der Waals surface area contributed by atoms with Gasteiger partial charge in [-0.25, -0.2) is 0 Å². The molecule has 0 fully saturated rings. The van der Waals surface area contributed by atoms with Crippen LogP contribution >= 0.6 is 0 Å². The Kier molecular flexibility index (Phi) is 4.06. The Balaban J connectivity index is 1.35. The molecular formula is C42H23BN2O. The van der Waals surface area contributed by atoms with Gasteiger partial charge in [0.05, 0.1) is 22.1 Å². The Labute approximate surface area is 263 Å². The van der Waals surface area contributed by atoms with E-state index >= 15 is 0 Å². The first-order valence-electron chi connectivity index (χ1n) is 16.0. The van der Waals surface area contributed by atoms with Crippen LogP contribution in [0.4, 0.5) is 0 Å². The van der Waals surface area contributed by atoms with Gasteiger partial charge in [0.2, 0.25) is 0 Å². The summed E-state index contributed by atoms with van der Waals surface area (Å²) in [5, 5.41) is 7.51. The van der Waals surface area contributed by atoms with E-state index in [9.17, 15) is 0 Å². The van der Waals surface area contributed by atoms with Crippen molar-refractivity contribution in [2.45, 2.75) is 0 Å². The highest BCUT2D eigenvalue weighted by atomic mass is 16.3. The van der Waals surface area contributed by atoms with Crippen molar-refractivity contribution in [3.8, 4) is 27.9 Å². The lowest BCUT2D eigenvalue weighted by Crippen LogP contribution is -2.55. The van der Waals surface area contributed by atoms with Gasteiger partial charge in [-0.3, -0.25) is 0 Å². The summed E-state index contributed by atoms with van der Waals surface area (Å²) in [6.45, 7) is 0.0227. The van der Waals surface area contributed by atoms with Gasteiger partial charge >= 0.3 is 6.85 Å². The predicted octanol–water partition coefficient (Wildman–Crippen LogP) is 9.41. The quantitative estimate of drug-likeness (QED) is 0.177. The third-order valence-corrected chi connectivity index (χ3v) is 10.7. The fraction of sp³-hybridized carbons (Fsp3) is 0. The van der Waals surface area contributed by atoms with Crippen LogP contribution in [0.3, 0.4) is 0 Å². The molecule has 0 unspecified atom stereocenters. The summed E-state index contributed by atoms with van der Waals surface area (Å²) in [6, 6.07) is 51.2. The number of rotatable bonds is 1. The van der Waals surface area contributed by atoms with Crippen molar-refractivity contribution in [3.63, 3.8) is 0 Å². The van der Waals surface area contributed by atoms with E-state index in [1.165, 1.54) is 87.9 Å². The molecule has 210 valence electrons. The Morgan fingerprint density at radius 2 is 1.24 bits per heavy atom. The first-order chi connectivity index (χ1) is 22.8. The SMILES string of the molecule is c1ccc(-c2ccc3c(c2)c2cccc4c2n3-c2c3c(cc5oc6ccccc6c25)-c2cccc5c6ccccc6n(c25)B34)cc1. The number of hydrogen-bond acceptors (Lipinski definition) is 1. The number of para-hydroxylation sites is 4. The van der Waals surface area contributed by atoms with E-state index in [0.717, 1.165) is 16.6 Å². The number of furan rings is 1. The summed E-state index contributed by atoms with van der Waals surface area (Å²) in [5.74, 6) is 0. The molecule has 46 heavy (non-hydrogen) atoms. The Bertz CT molecular complexity index is 2980. The Morgan fingerprint density at radius 3 is 2.15 bits per heavy atom. The molecule has 0 saturated carbocycles. The summed E-state index contributed by atoms with van der Waals surface area (Å²) in [6.07, 6.45) is 0. The van der Waals surface area contributed by atoms with Gasteiger partial charge in [-0.1, -0.05) is 109 Å². The second kappa shape index (κ2) is 7.98. The normalized spacial score (nSPS) is 13.2. The Hall–Kier alpha value is -6.00. The van der Waals surface area contributed by atoms with E-state index in [-0.39, 0.29) is 6.85 Å². The van der Waals surface area contributed by atoms with Crippen molar-refractivity contribution in [2.24, 2.45) is 0 Å². The van der Waals surface area contributed by atoms with E-state index in [1.807, 2.05) is 0 Å². The summed E-state index contributed by atoms with van der Waals surface area (Å²) in [5.41, 5.74) is 15.9. The van der Waals surface area contributed by atoms with Gasteiger partial charge in [-0.05, 0) is 57.9 Å². The maximum atomic E-state index is 6.69. The van der Waals surface area contributed by atoms with E-state index in [2.05, 4.69) is 149 Å². The molecule has 0 N–H and O–H groups in total. The zero-order valence-corrected chi connectivity index (χ0v) is 24.7. The van der Waals surface area contributed by atoms with Crippen LogP contribution in [0, 0.1) is 0 Å². The van der Waals surface area contributed by atoms with Crippen LogP contribution in [0.25, 0.3) is 93.5 Å². The number of nitrogens with zero attached hydrogens (tertiary/aromatic N) is 2. The van der Waals surface area contributed by atoms with Crippen LogP contribution in [0.15, 0.2) is 144 Å². The van der Waals surface area contributed by atoms with Gasteiger partial charge in [0, 0.05) is 43.5 Å². The van der Waals surface area contributed by atoms with Crippen molar-refractivity contribution in [1.82, 2.24) is 9.05 Å². The molecule has 4 heteroatoms. The lowest BCUT2D eigenvalue weighted by molar-refractivity contribution is 0.669.